The zero-order chi connectivity index (χ0) is 13.5. The van der Waals surface area contributed by atoms with Gasteiger partial charge in [0.1, 0.15) is 5.82 Å². The second kappa shape index (κ2) is 6.93. The molecule has 0 saturated carbocycles. The first-order chi connectivity index (χ1) is 8.63. The fourth-order valence-electron chi connectivity index (χ4n) is 1.63. The van der Waals surface area contributed by atoms with E-state index in [1.165, 1.54) is 7.11 Å². The average molecular weight is 254 g/mol. The minimum absolute atomic E-state index is 0.0283. The molecular formula is C12H18N2O4. The number of hydrogen-bond donors (Lipinski definition) is 2. The van der Waals surface area contributed by atoms with Crippen LogP contribution in [0.25, 0.3) is 0 Å². The van der Waals surface area contributed by atoms with Crippen LogP contribution in [0.2, 0.25) is 0 Å². The van der Waals surface area contributed by atoms with Gasteiger partial charge in [-0.2, -0.15) is 0 Å². The van der Waals surface area contributed by atoms with Crippen LogP contribution in [-0.4, -0.2) is 54.6 Å². The zero-order valence-corrected chi connectivity index (χ0v) is 10.6. The number of aryl methyl sites for hydroxylation is 1. The molecule has 0 aliphatic carbocycles. The van der Waals surface area contributed by atoms with Crippen LogP contribution >= 0.6 is 0 Å². The zero-order valence-electron chi connectivity index (χ0n) is 10.6. The first-order valence-corrected chi connectivity index (χ1v) is 5.66. The highest BCUT2D eigenvalue weighted by molar-refractivity contribution is 5.90. The quantitative estimate of drug-likeness (QED) is 0.694. The summed E-state index contributed by atoms with van der Waals surface area (Å²) in [6.45, 7) is 2.42. The fraction of sp³-hybridized carbons (Fsp3) is 0.500. The van der Waals surface area contributed by atoms with Gasteiger partial charge in [0.05, 0.1) is 31.6 Å². The van der Waals surface area contributed by atoms with Crippen molar-refractivity contribution in [2.45, 2.75) is 6.92 Å². The summed E-state index contributed by atoms with van der Waals surface area (Å²) in [4.78, 5) is 17.4. The number of methoxy groups -OCH3 is 1. The van der Waals surface area contributed by atoms with Crippen LogP contribution < -0.4 is 4.90 Å². The average Bonchev–Trinajstić information content (AvgIpc) is 2.37. The Hall–Kier alpha value is -1.66. The van der Waals surface area contributed by atoms with Gasteiger partial charge in [-0.1, -0.05) is 0 Å². The predicted molar refractivity (Wildman–Crippen MR) is 66.7 cm³/mol. The van der Waals surface area contributed by atoms with E-state index < -0.39 is 5.97 Å². The third-order valence-corrected chi connectivity index (χ3v) is 2.54. The van der Waals surface area contributed by atoms with Gasteiger partial charge in [0.2, 0.25) is 0 Å². The molecule has 1 aromatic rings. The fourth-order valence-corrected chi connectivity index (χ4v) is 1.63. The molecule has 0 aliphatic rings. The third-order valence-electron chi connectivity index (χ3n) is 2.54. The van der Waals surface area contributed by atoms with Crippen LogP contribution in [0.15, 0.2) is 12.1 Å². The van der Waals surface area contributed by atoms with E-state index in [-0.39, 0.29) is 13.2 Å². The van der Waals surface area contributed by atoms with Crippen LogP contribution in [0.1, 0.15) is 16.1 Å². The summed E-state index contributed by atoms with van der Waals surface area (Å²) in [6.07, 6.45) is 0. The van der Waals surface area contributed by atoms with E-state index >= 15 is 0 Å². The molecule has 0 amide bonds. The lowest BCUT2D eigenvalue weighted by Gasteiger charge is -2.22. The molecule has 0 fully saturated rings. The summed E-state index contributed by atoms with van der Waals surface area (Å²) in [7, 11) is 1.32. The summed E-state index contributed by atoms with van der Waals surface area (Å²) >= 11 is 0. The molecule has 0 bridgehead atoms. The predicted octanol–water partition coefficient (Wildman–Crippen LogP) is -0.0324. The molecule has 0 aromatic carbocycles. The molecule has 6 nitrogen and oxygen atoms in total. The SMILES string of the molecule is COC(=O)c1ccc(N(CCO)CCO)nc1C. The van der Waals surface area contributed by atoms with E-state index in [0.717, 1.165) is 0 Å². The number of carbonyl (C=O) groups is 1. The number of pyridine rings is 1. The van der Waals surface area contributed by atoms with E-state index in [0.29, 0.717) is 30.2 Å². The second-order valence-corrected chi connectivity index (χ2v) is 3.73. The maximum Gasteiger partial charge on any atom is 0.339 e. The summed E-state index contributed by atoms with van der Waals surface area (Å²) in [5.74, 6) is 0.186. The van der Waals surface area contributed by atoms with Gasteiger partial charge in [-0.05, 0) is 19.1 Å². The Morgan fingerprint density at radius 1 is 1.33 bits per heavy atom. The molecule has 1 aromatic heterocycles. The van der Waals surface area contributed by atoms with Crippen molar-refractivity contribution < 1.29 is 19.7 Å². The van der Waals surface area contributed by atoms with Gasteiger partial charge >= 0.3 is 5.97 Å². The highest BCUT2D eigenvalue weighted by Gasteiger charge is 2.13. The molecule has 0 radical (unpaired) electrons. The Balaban J connectivity index is 2.97. The van der Waals surface area contributed by atoms with Gasteiger partial charge in [0.15, 0.2) is 0 Å². The second-order valence-electron chi connectivity index (χ2n) is 3.73. The van der Waals surface area contributed by atoms with Gasteiger partial charge in [0.25, 0.3) is 0 Å². The van der Waals surface area contributed by atoms with Crippen molar-refractivity contribution in [3.63, 3.8) is 0 Å². The molecule has 0 saturated heterocycles. The van der Waals surface area contributed by atoms with Crippen molar-refractivity contribution >= 4 is 11.8 Å². The van der Waals surface area contributed by atoms with Crippen LogP contribution in [0.3, 0.4) is 0 Å². The number of nitrogens with zero attached hydrogens (tertiary/aromatic N) is 2. The number of anilines is 1. The number of esters is 1. The van der Waals surface area contributed by atoms with Crippen molar-refractivity contribution in [1.29, 1.82) is 0 Å². The molecule has 1 heterocycles. The summed E-state index contributed by atoms with van der Waals surface area (Å²) in [5.41, 5.74) is 0.967. The monoisotopic (exact) mass is 254 g/mol. The molecule has 0 unspecified atom stereocenters. The maximum absolute atomic E-state index is 11.4. The topological polar surface area (TPSA) is 82.9 Å². The van der Waals surface area contributed by atoms with Gasteiger partial charge in [-0.15, -0.1) is 0 Å². The number of aromatic nitrogens is 1. The third kappa shape index (κ3) is 3.41. The van der Waals surface area contributed by atoms with Crippen molar-refractivity contribution in [1.82, 2.24) is 4.98 Å². The van der Waals surface area contributed by atoms with E-state index in [9.17, 15) is 4.79 Å². The first kappa shape index (κ1) is 14.4. The van der Waals surface area contributed by atoms with Gasteiger partial charge in [0, 0.05) is 13.1 Å². The molecule has 18 heavy (non-hydrogen) atoms. The Bertz CT molecular complexity index is 403. The first-order valence-electron chi connectivity index (χ1n) is 5.66. The van der Waals surface area contributed by atoms with Crippen LogP contribution in [0, 0.1) is 6.92 Å². The number of carbonyl (C=O) groups excluding carboxylic acids is 1. The maximum atomic E-state index is 11.4. The van der Waals surface area contributed by atoms with Crippen LogP contribution in [0.4, 0.5) is 5.82 Å². The van der Waals surface area contributed by atoms with Crippen molar-refractivity contribution in [3.8, 4) is 0 Å². The number of ether oxygens (including phenoxy) is 1. The molecule has 0 atom stereocenters. The highest BCUT2D eigenvalue weighted by Crippen LogP contribution is 2.15. The number of rotatable bonds is 6. The van der Waals surface area contributed by atoms with Crippen LogP contribution in [-0.2, 0) is 4.74 Å². The van der Waals surface area contributed by atoms with E-state index in [1.807, 2.05) is 0 Å². The number of aliphatic hydroxyl groups is 2. The minimum Gasteiger partial charge on any atom is -0.465 e. The Kier molecular flexibility index (Phi) is 5.54. The van der Waals surface area contributed by atoms with Gasteiger partial charge in [-0.3, -0.25) is 0 Å². The lowest BCUT2D eigenvalue weighted by atomic mass is 10.2. The van der Waals surface area contributed by atoms with E-state index in [4.69, 9.17) is 10.2 Å². The van der Waals surface area contributed by atoms with Crippen LogP contribution in [0.5, 0.6) is 0 Å². The van der Waals surface area contributed by atoms with Crippen molar-refractivity contribution in [2.24, 2.45) is 0 Å². The number of hydrogen-bond acceptors (Lipinski definition) is 6. The molecule has 6 heteroatoms. The van der Waals surface area contributed by atoms with Gasteiger partial charge < -0.3 is 19.8 Å². The summed E-state index contributed by atoms with van der Waals surface area (Å²) in [5, 5.41) is 17.9. The van der Waals surface area contributed by atoms with E-state index in [1.54, 1.807) is 24.0 Å². The Labute approximate surface area is 106 Å². The molecule has 0 spiro atoms. The lowest BCUT2D eigenvalue weighted by Crippen LogP contribution is -2.30. The van der Waals surface area contributed by atoms with E-state index in [2.05, 4.69) is 9.72 Å². The normalized spacial score (nSPS) is 10.2. The molecule has 0 aliphatic heterocycles. The summed E-state index contributed by atoms with van der Waals surface area (Å²) < 4.78 is 4.64. The molecule has 100 valence electrons. The molecular weight excluding hydrogens is 236 g/mol. The lowest BCUT2D eigenvalue weighted by molar-refractivity contribution is 0.0599. The Morgan fingerprint density at radius 2 is 1.94 bits per heavy atom. The minimum atomic E-state index is -0.428. The molecule has 2 N–H and O–H groups in total. The standard InChI is InChI=1S/C12H18N2O4/c1-9-10(12(17)18-2)3-4-11(13-9)14(5-7-15)6-8-16/h3-4,15-16H,5-8H2,1-2H3. The van der Waals surface area contributed by atoms with Gasteiger partial charge in [-0.25, -0.2) is 9.78 Å². The smallest absolute Gasteiger partial charge is 0.339 e. The Morgan fingerprint density at radius 3 is 2.39 bits per heavy atom. The molecule has 1 rings (SSSR count). The largest absolute Gasteiger partial charge is 0.465 e. The highest BCUT2D eigenvalue weighted by atomic mass is 16.5. The summed E-state index contributed by atoms with van der Waals surface area (Å²) in [6, 6.07) is 3.30. The van der Waals surface area contributed by atoms with Crippen molar-refractivity contribution in [2.75, 3.05) is 38.3 Å². The number of aliphatic hydroxyl groups excluding tert-OH is 2. The van der Waals surface area contributed by atoms with Crippen molar-refractivity contribution in [3.05, 3.63) is 23.4 Å².